The van der Waals surface area contributed by atoms with Crippen LogP contribution in [-0.2, 0) is 9.59 Å². The summed E-state index contributed by atoms with van der Waals surface area (Å²) in [6, 6.07) is 7.56. The van der Waals surface area contributed by atoms with Crippen molar-refractivity contribution in [3.05, 3.63) is 28.7 Å². The summed E-state index contributed by atoms with van der Waals surface area (Å²) in [6.45, 7) is 3.14. The van der Waals surface area contributed by atoms with Crippen LogP contribution in [0.2, 0.25) is 0 Å². The maximum absolute atomic E-state index is 12.0. The van der Waals surface area contributed by atoms with E-state index in [1.165, 1.54) is 0 Å². The van der Waals surface area contributed by atoms with Crippen molar-refractivity contribution in [2.45, 2.75) is 26.2 Å². The molecule has 0 bridgehead atoms. The second-order valence-electron chi connectivity index (χ2n) is 5.21. The molecule has 0 atom stereocenters. The van der Waals surface area contributed by atoms with Crippen molar-refractivity contribution in [1.82, 2.24) is 4.90 Å². The van der Waals surface area contributed by atoms with Gasteiger partial charge in [0.2, 0.25) is 11.8 Å². The van der Waals surface area contributed by atoms with Gasteiger partial charge in [-0.1, -0.05) is 15.9 Å². The minimum Gasteiger partial charge on any atom is -0.343 e. The second-order valence-corrected chi connectivity index (χ2v) is 6.12. The molecule has 1 N–H and O–H groups in total. The fourth-order valence-corrected chi connectivity index (χ4v) is 2.72. The van der Waals surface area contributed by atoms with Crippen LogP contribution in [0.15, 0.2) is 28.7 Å². The Bertz CT molecular complexity index is 479. The zero-order valence-electron chi connectivity index (χ0n) is 11.6. The zero-order valence-corrected chi connectivity index (χ0v) is 13.1. The van der Waals surface area contributed by atoms with Gasteiger partial charge in [-0.15, -0.1) is 0 Å². The summed E-state index contributed by atoms with van der Waals surface area (Å²) in [5.74, 6) is 0.553. The van der Waals surface area contributed by atoms with Crippen LogP contribution in [0.25, 0.3) is 0 Å². The van der Waals surface area contributed by atoms with Crippen LogP contribution in [0, 0.1) is 5.92 Å². The van der Waals surface area contributed by atoms with Crippen molar-refractivity contribution in [3.63, 3.8) is 0 Å². The van der Waals surface area contributed by atoms with Gasteiger partial charge in [-0.25, -0.2) is 0 Å². The molecule has 0 aliphatic carbocycles. The van der Waals surface area contributed by atoms with E-state index in [1.807, 2.05) is 29.2 Å². The van der Waals surface area contributed by atoms with Crippen LogP contribution in [0.1, 0.15) is 26.2 Å². The summed E-state index contributed by atoms with van der Waals surface area (Å²) in [5.41, 5.74) is 0.819. The second kappa shape index (κ2) is 6.88. The number of anilines is 1. The van der Waals surface area contributed by atoms with Crippen LogP contribution >= 0.6 is 15.9 Å². The molecule has 0 unspecified atom stereocenters. The van der Waals surface area contributed by atoms with Crippen molar-refractivity contribution in [3.8, 4) is 0 Å². The zero-order chi connectivity index (χ0) is 14.5. The lowest BCUT2D eigenvalue weighted by Gasteiger charge is -2.30. The van der Waals surface area contributed by atoms with E-state index in [2.05, 4.69) is 21.2 Å². The van der Waals surface area contributed by atoms with Gasteiger partial charge in [0.25, 0.3) is 0 Å². The van der Waals surface area contributed by atoms with Crippen LogP contribution in [0.5, 0.6) is 0 Å². The topological polar surface area (TPSA) is 49.4 Å². The first-order valence-corrected chi connectivity index (χ1v) is 7.65. The Kier molecular flexibility index (Phi) is 5.17. The van der Waals surface area contributed by atoms with Crippen molar-refractivity contribution >= 4 is 33.4 Å². The van der Waals surface area contributed by atoms with E-state index < -0.39 is 0 Å². The maximum atomic E-state index is 12.0. The van der Waals surface area contributed by atoms with Gasteiger partial charge in [-0.3, -0.25) is 9.59 Å². The highest BCUT2D eigenvalue weighted by Gasteiger charge is 2.22. The number of amides is 2. The first-order chi connectivity index (χ1) is 9.54. The molecule has 1 aliphatic rings. The van der Waals surface area contributed by atoms with E-state index >= 15 is 0 Å². The van der Waals surface area contributed by atoms with E-state index in [-0.39, 0.29) is 11.8 Å². The van der Waals surface area contributed by atoms with Crippen LogP contribution in [0.4, 0.5) is 5.69 Å². The molecule has 2 amide bonds. The van der Waals surface area contributed by atoms with Crippen LogP contribution < -0.4 is 5.32 Å². The molecule has 0 radical (unpaired) electrons. The molecule has 1 aromatic carbocycles. The third-order valence-corrected chi connectivity index (χ3v) is 4.19. The number of halogens is 1. The van der Waals surface area contributed by atoms with Crippen molar-refractivity contribution in [1.29, 1.82) is 0 Å². The van der Waals surface area contributed by atoms with Crippen LogP contribution in [0.3, 0.4) is 0 Å². The predicted molar refractivity (Wildman–Crippen MR) is 82.4 cm³/mol. The molecule has 1 fully saturated rings. The number of benzene rings is 1. The largest absolute Gasteiger partial charge is 0.343 e. The Hall–Kier alpha value is -1.36. The highest BCUT2D eigenvalue weighted by atomic mass is 79.9. The normalized spacial score (nSPS) is 16.0. The highest BCUT2D eigenvalue weighted by Crippen LogP contribution is 2.21. The van der Waals surface area contributed by atoms with Gasteiger partial charge in [0.05, 0.1) is 0 Å². The van der Waals surface area contributed by atoms with E-state index in [1.54, 1.807) is 6.92 Å². The average Bonchev–Trinajstić information content (AvgIpc) is 2.42. The summed E-state index contributed by atoms with van der Waals surface area (Å²) in [6.07, 6.45) is 2.35. The number of hydrogen-bond acceptors (Lipinski definition) is 2. The van der Waals surface area contributed by atoms with Gasteiger partial charge in [-0.2, -0.15) is 0 Å². The lowest BCUT2D eigenvalue weighted by atomic mass is 9.93. The van der Waals surface area contributed by atoms with E-state index in [0.29, 0.717) is 12.3 Å². The minimum absolute atomic E-state index is 0.0496. The molecule has 0 spiro atoms. The summed E-state index contributed by atoms with van der Waals surface area (Å²) in [7, 11) is 0. The Morgan fingerprint density at radius 3 is 2.40 bits per heavy atom. The molecule has 1 heterocycles. The van der Waals surface area contributed by atoms with E-state index in [4.69, 9.17) is 0 Å². The number of likely N-dealkylation sites (tertiary alicyclic amines) is 1. The molecule has 4 nitrogen and oxygen atoms in total. The van der Waals surface area contributed by atoms with E-state index in [0.717, 1.165) is 36.1 Å². The van der Waals surface area contributed by atoms with Gasteiger partial charge in [0.15, 0.2) is 0 Å². The quantitative estimate of drug-likeness (QED) is 0.920. The smallest absolute Gasteiger partial charge is 0.224 e. The summed E-state index contributed by atoms with van der Waals surface area (Å²) in [4.78, 5) is 25.1. The van der Waals surface area contributed by atoms with Gasteiger partial charge >= 0.3 is 0 Å². The minimum atomic E-state index is 0.0496. The SMILES string of the molecule is CC(=O)N1CCC(CC(=O)Nc2ccc(Br)cc2)CC1. The van der Waals surface area contributed by atoms with Gasteiger partial charge in [-0.05, 0) is 43.0 Å². The number of nitrogens with zero attached hydrogens (tertiary/aromatic N) is 1. The molecule has 5 heteroatoms. The molecule has 20 heavy (non-hydrogen) atoms. The van der Waals surface area contributed by atoms with E-state index in [9.17, 15) is 9.59 Å². The fraction of sp³-hybridized carbons (Fsp3) is 0.467. The van der Waals surface area contributed by atoms with Crippen LogP contribution in [-0.4, -0.2) is 29.8 Å². The molecule has 0 aromatic heterocycles. The molecule has 2 rings (SSSR count). The first kappa shape index (κ1) is 15.0. The van der Waals surface area contributed by atoms with Gasteiger partial charge < -0.3 is 10.2 Å². The molecule has 1 aliphatic heterocycles. The third-order valence-electron chi connectivity index (χ3n) is 3.66. The maximum Gasteiger partial charge on any atom is 0.224 e. The summed E-state index contributed by atoms with van der Waals surface area (Å²) in [5, 5.41) is 2.91. The van der Waals surface area contributed by atoms with Crippen molar-refractivity contribution < 1.29 is 9.59 Å². The molecule has 1 aromatic rings. The average molecular weight is 339 g/mol. The standard InChI is InChI=1S/C15H19BrN2O2/c1-11(19)18-8-6-12(7-9-18)10-15(20)17-14-4-2-13(16)3-5-14/h2-5,12H,6-10H2,1H3,(H,17,20). The predicted octanol–water partition coefficient (Wildman–Crippen LogP) is 3.04. The van der Waals surface area contributed by atoms with Crippen molar-refractivity contribution in [2.75, 3.05) is 18.4 Å². The Morgan fingerprint density at radius 2 is 1.85 bits per heavy atom. The lowest BCUT2D eigenvalue weighted by molar-refractivity contribution is -0.130. The Labute approximate surface area is 127 Å². The fourth-order valence-electron chi connectivity index (χ4n) is 2.46. The summed E-state index contributed by atoms with van der Waals surface area (Å²) >= 11 is 3.36. The molecule has 108 valence electrons. The Balaban J connectivity index is 1.78. The summed E-state index contributed by atoms with van der Waals surface area (Å²) < 4.78 is 0.993. The highest BCUT2D eigenvalue weighted by molar-refractivity contribution is 9.10. The third kappa shape index (κ3) is 4.34. The van der Waals surface area contributed by atoms with Gasteiger partial charge in [0.1, 0.15) is 0 Å². The number of piperidine rings is 1. The molecule has 1 saturated heterocycles. The first-order valence-electron chi connectivity index (χ1n) is 6.85. The number of carbonyl (C=O) groups excluding carboxylic acids is 2. The lowest BCUT2D eigenvalue weighted by Crippen LogP contribution is -2.37. The number of rotatable bonds is 3. The number of nitrogens with one attached hydrogen (secondary N) is 1. The molecular weight excluding hydrogens is 320 g/mol. The molecule has 0 saturated carbocycles. The molecular formula is C15H19BrN2O2. The number of hydrogen-bond donors (Lipinski definition) is 1. The van der Waals surface area contributed by atoms with Crippen molar-refractivity contribution in [2.24, 2.45) is 5.92 Å². The Morgan fingerprint density at radius 1 is 1.25 bits per heavy atom. The van der Waals surface area contributed by atoms with Gasteiger partial charge in [0, 0.05) is 36.6 Å². The monoisotopic (exact) mass is 338 g/mol. The number of carbonyl (C=O) groups is 2.